The highest BCUT2D eigenvalue weighted by Crippen LogP contribution is 2.43. The first-order valence-electron chi connectivity index (χ1n) is 9.82. The van der Waals surface area contributed by atoms with Gasteiger partial charge in [0.1, 0.15) is 5.75 Å². The number of carbonyl (C=O) groups is 3. The van der Waals surface area contributed by atoms with Crippen molar-refractivity contribution in [1.29, 1.82) is 0 Å². The van der Waals surface area contributed by atoms with E-state index in [0.29, 0.717) is 12.8 Å². The first-order valence-corrected chi connectivity index (χ1v) is 9.82. The number of carbonyl (C=O) groups excluding carboxylic acids is 2. The van der Waals surface area contributed by atoms with Crippen LogP contribution in [0.2, 0.25) is 0 Å². The number of hydrogen-bond acceptors (Lipinski definition) is 4. The van der Waals surface area contributed by atoms with E-state index in [1.165, 1.54) is 0 Å². The minimum absolute atomic E-state index is 0.327. The summed E-state index contributed by atoms with van der Waals surface area (Å²) >= 11 is 0. The molecular formula is C23H26N2O5. The van der Waals surface area contributed by atoms with Crippen LogP contribution in [-0.4, -0.2) is 41.1 Å². The molecule has 1 unspecified atom stereocenters. The molecule has 0 aliphatic carbocycles. The van der Waals surface area contributed by atoms with E-state index >= 15 is 0 Å². The molecule has 1 aliphatic heterocycles. The number of nitrogens with zero attached hydrogens (tertiary/aromatic N) is 1. The highest BCUT2D eigenvalue weighted by atomic mass is 16.5. The maximum atomic E-state index is 12.9. The summed E-state index contributed by atoms with van der Waals surface area (Å²) < 4.78 is 5.13. The lowest BCUT2D eigenvalue weighted by Gasteiger charge is -2.50. The molecule has 1 heterocycles. The molecule has 1 saturated heterocycles. The summed E-state index contributed by atoms with van der Waals surface area (Å²) in [6, 6.07) is 14.4. The number of rotatable bonds is 7. The standard InChI is InChI=1S/C23H26N2O5/c1-15(17-7-5-4-6-8-17)24-22(29)25-19(20(26)27)23(2,21(25)28)14-13-16-9-11-18(30-3)12-10-16/h4-12,15,19H,13-14H2,1-3H3,(H,24,29)(H,26,27)/t15?,19-,23-/m1/s1. The van der Waals surface area contributed by atoms with Gasteiger partial charge in [0.25, 0.3) is 0 Å². The van der Waals surface area contributed by atoms with Gasteiger partial charge >= 0.3 is 12.0 Å². The number of carboxylic acids is 1. The number of β-lactam (4-membered cyclic amide) rings is 1. The molecule has 0 bridgehead atoms. The van der Waals surface area contributed by atoms with Crippen LogP contribution in [0.5, 0.6) is 5.75 Å². The van der Waals surface area contributed by atoms with Gasteiger partial charge in [0.05, 0.1) is 18.6 Å². The summed E-state index contributed by atoms with van der Waals surface area (Å²) in [7, 11) is 1.58. The average molecular weight is 410 g/mol. The number of ether oxygens (including phenoxy) is 1. The number of amides is 3. The van der Waals surface area contributed by atoms with Gasteiger partial charge in [-0.25, -0.2) is 14.5 Å². The number of aryl methyl sites for hydroxylation is 1. The number of urea groups is 1. The molecule has 3 rings (SSSR count). The number of hydrogen-bond donors (Lipinski definition) is 2. The van der Waals surface area contributed by atoms with E-state index in [2.05, 4.69) is 5.32 Å². The van der Waals surface area contributed by atoms with Crippen LogP contribution >= 0.6 is 0 Å². The summed E-state index contributed by atoms with van der Waals surface area (Å²) in [6.45, 7) is 3.40. The Kier molecular flexibility index (Phi) is 6.10. The molecule has 1 fully saturated rings. The van der Waals surface area contributed by atoms with Crippen LogP contribution in [0.4, 0.5) is 4.79 Å². The SMILES string of the molecule is COc1ccc(CC[C@@]2(C)C(=O)N(C(=O)NC(C)c3ccccc3)[C@@H]2C(=O)O)cc1. The number of aliphatic carboxylic acids is 1. The molecule has 0 aromatic heterocycles. The first kappa shape index (κ1) is 21.4. The second-order valence-corrected chi connectivity index (χ2v) is 7.76. The normalized spacial score (nSPS) is 21.5. The van der Waals surface area contributed by atoms with Crippen LogP contribution in [0.25, 0.3) is 0 Å². The maximum absolute atomic E-state index is 12.9. The highest BCUT2D eigenvalue weighted by molar-refractivity contribution is 6.09. The van der Waals surface area contributed by atoms with Gasteiger partial charge in [-0.05, 0) is 49.9 Å². The summed E-state index contributed by atoms with van der Waals surface area (Å²) in [5.41, 5.74) is 0.696. The Morgan fingerprint density at radius 3 is 2.37 bits per heavy atom. The van der Waals surface area contributed by atoms with E-state index in [0.717, 1.165) is 21.8 Å². The minimum Gasteiger partial charge on any atom is -0.497 e. The lowest BCUT2D eigenvalue weighted by atomic mass is 9.68. The summed E-state index contributed by atoms with van der Waals surface area (Å²) in [4.78, 5) is 38.3. The molecular weight excluding hydrogens is 384 g/mol. The molecule has 3 amide bonds. The van der Waals surface area contributed by atoms with Crippen molar-refractivity contribution in [1.82, 2.24) is 10.2 Å². The molecule has 30 heavy (non-hydrogen) atoms. The first-order chi connectivity index (χ1) is 14.3. The molecule has 0 saturated carbocycles. The average Bonchev–Trinajstić information content (AvgIpc) is 2.75. The third kappa shape index (κ3) is 4.01. The smallest absolute Gasteiger partial charge is 0.328 e. The van der Waals surface area contributed by atoms with Crippen molar-refractivity contribution in [2.24, 2.45) is 5.41 Å². The van der Waals surface area contributed by atoms with Crippen LogP contribution in [-0.2, 0) is 16.0 Å². The Hall–Kier alpha value is -3.35. The molecule has 7 nitrogen and oxygen atoms in total. The van der Waals surface area contributed by atoms with Crippen LogP contribution in [0.1, 0.15) is 37.4 Å². The van der Waals surface area contributed by atoms with Crippen LogP contribution in [0.3, 0.4) is 0 Å². The Labute approximate surface area is 175 Å². The van der Waals surface area contributed by atoms with E-state index in [4.69, 9.17) is 4.74 Å². The van der Waals surface area contributed by atoms with Crippen molar-refractivity contribution >= 4 is 17.9 Å². The predicted molar refractivity (Wildman–Crippen MR) is 111 cm³/mol. The van der Waals surface area contributed by atoms with Crippen molar-refractivity contribution in [2.45, 2.75) is 38.8 Å². The van der Waals surface area contributed by atoms with E-state index in [-0.39, 0.29) is 6.04 Å². The number of methoxy groups -OCH3 is 1. The van der Waals surface area contributed by atoms with Crippen molar-refractivity contribution in [3.63, 3.8) is 0 Å². The van der Waals surface area contributed by atoms with Crippen LogP contribution < -0.4 is 10.1 Å². The van der Waals surface area contributed by atoms with Crippen LogP contribution in [0, 0.1) is 5.41 Å². The second kappa shape index (κ2) is 8.57. The van der Waals surface area contributed by atoms with Crippen molar-refractivity contribution < 1.29 is 24.2 Å². The predicted octanol–water partition coefficient (Wildman–Crippen LogP) is 3.40. The van der Waals surface area contributed by atoms with Gasteiger partial charge in [-0.3, -0.25) is 4.79 Å². The van der Waals surface area contributed by atoms with E-state index in [1.807, 2.05) is 54.6 Å². The number of likely N-dealkylation sites (tertiary alicyclic amines) is 1. The largest absolute Gasteiger partial charge is 0.497 e. The van der Waals surface area contributed by atoms with Gasteiger partial charge in [-0.15, -0.1) is 0 Å². The molecule has 2 aromatic carbocycles. The van der Waals surface area contributed by atoms with Gasteiger partial charge in [0.2, 0.25) is 5.91 Å². The fraction of sp³-hybridized carbons (Fsp3) is 0.348. The van der Waals surface area contributed by atoms with Crippen molar-refractivity contribution in [3.05, 3.63) is 65.7 Å². The van der Waals surface area contributed by atoms with E-state index in [9.17, 15) is 19.5 Å². The molecule has 1 aliphatic rings. The maximum Gasteiger partial charge on any atom is 0.328 e. The zero-order chi connectivity index (χ0) is 21.9. The lowest BCUT2D eigenvalue weighted by Crippen LogP contribution is -2.73. The fourth-order valence-corrected chi connectivity index (χ4v) is 3.84. The minimum atomic E-state index is -1.20. The molecule has 158 valence electrons. The Balaban J connectivity index is 1.69. The molecule has 2 N–H and O–H groups in total. The zero-order valence-corrected chi connectivity index (χ0v) is 17.3. The summed E-state index contributed by atoms with van der Waals surface area (Å²) in [5.74, 6) is -0.931. The third-order valence-corrected chi connectivity index (χ3v) is 5.75. The van der Waals surface area contributed by atoms with Gasteiger partial charge in [-0.2, -0.15) is 0 Å². The number of benzene rings is 2. The van der Waals surface area contributed by atoms with E-state index in [1.54, 1.807) is 21.0 Å². The quantitative estimate of drug-likeness (QED) is 0.682. The third-order valence-electron chi connectivity index (χ3n) is 5.75. The summed E-state index contributed by atoms with van der Waals surface area (Å²) in [5, 5.41) is 12.5. The monoisotopic (exact) mass is 410 g/mol. The Morgan fingerprint density at radius 2 is 1.80 bits per heavy atom. The van der Waals surface area contributed by atoms with Gasteiger partial charge < -0.3 is 15.2 Å². The Morgan fingerprint density at radius 1 is 1.17 bits per heavy atom. The number of imide groups is 1. The molecule has 3 atom stereocenters. The number of nitrogens with one attached hydrogen (secondary N) is 1. The topological polar surface area (TPSA) is 95.9 Å². The van der Waals surface area contributed by atoms with Crippen LogP contribution in [0.15, 0.2) is 54.6 Å². The van der Waals surface area contributed by atoms with Gasteiger partial charge in [0, 0.05) is 0 Å². The number of carboxylic acid groups (broad SMARTS) is 1. The molecule has 7 heteroatoms. The molecule has 0 radical (unpaired) electrons. The second-order valence-electron chi connectivity index (χ2n) is 7.76. The molecule has 2 aromatic rings. The van der Waals surface area contributed by atoms with E-state index < -0.39 is 29.4 Å². The highest BCUT2D eigenvalue weighted by Gasteiger charge is 2.63. The fourth-order valence-electron chi connectivity index (χ4n) is 3.84. The van der Waals surface area contributed by atoms with Crippen molar-refractivity contribution in [2.75, 3.05) is 7.11 Å². The Bertz CT molecular complexity index is 928. The van der Waals surface area contributed by atoms with Gasteiger partial charge in [-0.1, -0.05) is 42.5 Å². The molecule has 0 spiro atoms. The zero-order valence-electron chi connectivity index (χ0n) is 17.3. The summed E-state index contributed by atoms with van der Waals surface area (Å²) in [6.07, 6.45) is 0.846. The van der Waals surface area contributed by atoms with Gasteiger partial charge in [0.15, 0.2) is 6.04 Å². The lowest BCUT2D eigenvalue weighted by molar-refractivity contribution is -0.177. The van der Waals surface area contributed by atoms with Crippen molar-refractivity contribution in [3.8, 4) is 5.75 Å².